The van der Waals surface area contributed by atoms with Gasteiger partial charge in [-0.2, -0.15) is 0 Å². The van der Waals surface area contributed by atoms with Gasteiger partial charge in [0.1, 0.15) is 5.75 Å². The second-order valence-electron chi connectivity index (χ2n) is 8.34. The number of benzene rings is 1. The van der Waals surface area contributed by atoms with E-state index < -0.39 is 0 Å². The first kappa shape index (κ1) is 23.7. The highest BCUT2D eigenvalue weighted by molar-refractivity contribution is 5.83. The molecule has 0 saturated heterocycles. The number of unbranched alkanes of at least 4 members (excludes halogenated alkanes) is 7. The number of nitrogens with one attached hydrogen (secondary N) is 2. The molecule has 0 unspecified atom stereocenters. The number of nitrogens with zero attached hydrogens (tertiary/aromatic N) is 3. The van der Waals surface area contributed by atoms with Crippen molar-refractivity contribution in [2.45, 2.75) is 78.6 Å². The molecular formula is C25H35N5O2. The average Bonchev–Trinajstić information content (AvgIpc) is 2.77. The van der Waals surface area contributed by atoms with Gasteiger partial charge in [0, 0.05) is 16.6 Å². The molecule has 0 radical (unpaired) electrons. The summed E-state index contributed by atoms with van der Waals surface area (Å²) in [5.41, 5.74) is 3.05. The molecule has 3 rings (SSSR count). The number of anilines is 2. The van der Waals surface area contributed by atoms with Crippen LogP contribution < -0.4 is 15.6 Å². The zero-order valence-corrected chi connectivity index (χ0v) is 19.8. The molecule has 3 aromatic rings. The zero-order chi connectivity index (χ0) is 22.9. The lowest BCUT2D eigenvalue weighted by Gasteiger charge is -2.10. The Morgan fingerprint density at radius 2 is 1.66 bits per heavy atom. The Labute approximate surface area is 190 Å². The van der Waals surface area contributed by atoms with Crippen molar-refractivity contribution in [3.05, 3.63) is 45.5 Å². The quantitative estimate of drug-likeness (QED) is 0.350. The van der Waals surface area contributed by atoms with Gasteiger partial charge >= 0.3 is 0 Å². The molecule has 7 heteroatoms. The van der Waals surface area contributed by atoms with E-state index in [4.69, 9.17) is 4.74 Å². The van der Waals surface area contributed by atoms with Gasteiger partial charge in [-0.15, -0.1) is 0 Å². The van der Waals surface area contributed by atoms with Crippen molar-refractivity contribution in [2.75, 3.05) is 12.4 Å². The first-order chi connectivity index (χ1) is 15.5. The van der Waals surface area contributed by atoms with Crippen LogP contribution in [-0.4, -0.2) is 27.0 Å². The predicted octanol–water partition coefficient (Wildman–Crippen LogP) is 5.77. The van der Waals surface area contributed by atoms with Crippen molar-refractivity contribution in [3.8, 4) is 5.75 Å². The molecule has 2 N–H and O–H groups in total. The Hall–Kier alpha value is -2.96. The lowest BCUT2D eigenvalue weighted by Crippen LogP contribution is -2.19. The van der Waals surface area contributed by atoms with Crippen LogP contribution in [0.4, 0.5) is 11.9 Å². The minimum atomic E-state index is -0.0924. The second-order valence-corrected chi connectivity index (χ2v) is 8.34. The maximum absolute atomic E-state index is 12.6. The summed E-state index contributed by atoms with van der Waals surface area (Å²) in [6.45, 7) is 6.05. The minimum Gasteiger partial charge on any atom is -0.497 e. The molecule has 1 aromatic carbocycles. The second kappa shape index (κ2) is 11.6. The molecule has 0 atom stereocenters. The summed E-state index contributed by atoms with van der Waals surface area (Å²) < 4.78 is 5.28. The van der Waals surface area contributed by atoms with Crippen LogP contribution in [0.5, 0.6) is 5.75 Å². The molecule has 2 heterocycles. The van der Waals surface area contributed by atoms with E-state index in [0.29, 0.717) is 11.9 Å². The van der Waals surface area contributed by atoms with E-state index in [1.165, 1.54) is 38.5 Å². The molecule has 0 spiro atoms. The highest BCUT2D eigenvalue weighted by atomic mass is 16.5. The highest BCUT2D eigenvalue weighted by Crippen LogP contribution is 2.23. The summed E-state index contributed by atoms with van der Waals surface area (Å²) in [4.78, 5) is 29.1. The van der Waals surface area contributed by atoms with Crippen LogP contribution in [0.1, 0.15) is 75.2 Å². The summed E-state index contributed by atoms with van der Waals surface area (Å²) in [5, 5.41) is 3.98. The number of ether oxygens (including phenoxy) is 1. The molecule has 0 amide bonds. The SMILES string of the molecule is CCCCCCCCCCc1c(C)nc(Nc2nc(C)c3cc(OC)ccc3n2)[nH]c1=O. The standard InChI is InChI=1S/C25H35N5O2/c1-5-6-7-8-9-10-11-12-13-20-17(2)26-25(29-23(20)31)30-24-27-18(3)21-16-19(32-4)14-15-22(21)28-24/h14-16H,5-13H2,1-4H3,(H2,26,27,28,29,30,31). The van der Waals surface area contributed by atoms with Crippen molar-refractivity contribution in [1.29, 1.82) is 0 Å². The molecule has 0 fully saturated rings. The summed E-state index contributed by atoms with van der Waals surface area (Å²) in [5.74, 6) is 1.52. The van der Waals surface area contributed by atoms with Crippen molar-refractivity contribution in [3.63, 3.8) is 0 Å². The van der Waals surface area contributed by atoms with Crippen molar-refractivity contribution < 1.29 is 4.74 Å². The van der Waals surface area contributed by atoms with Crippen LogP contribution in [0.25, 0.3) is 10.9 Å². The number of hydrogen-bond donors (Lipinski definition) is 2. The van der Waals surface area contributed by atoms with E-state index in [1.807, 2.05) is 32.0 Å². The number of aromatic nitrogens is 4. The van der Waals surface area contributed by atoms with Gasteiger partial charge < -0.3 is 4.74 Å². The highest BCUT2D eigenvalue weighted by Gasteiger charge is 2.11. The summed E-state index contributed by atoms with van der Waals surface area (Å²) in [6, 6.07) is 5.67. The maximum atomic E-state index is 12.6. The number of H-pyrrole nitrogens is 1. The van der Waals surface area contributed by atoms with Crippen molar-refractivity contribution >= 4 is 22.8 Å². The molecule has 0 aliphatic carbocycles. The Kier molecular flexibility index (Phi) is 8.59. The third-order valence-electron chi connectivity index (χ3n) is 5.83. The Bertz CT molecular complexity index is 1090. The van der Waals surface area contributed by atoms with Gasteiger partial charge in [0.2, 0.25) is 11.9 Å². The molecule has 0 aliphatic heterocycles. The first-order valence-electron chi connectivity index (χ1n) is 11.7. The van der Waals surface area contributed by atoms with Crippen LogP contribution in [0.3, 0.4) is 0 Å². The Morgan fingerprint density at radius 1 is 0.938 bits per heavy atom. The van der Waals surface area contributed by atoms with Crippen LogP contribution in [0, 0.1) is 13.8 Å². The Balaban J connectivity index is 1.62. The fourth-order valence-corrected chi connectivity index (χ4v) is 3.95. The lowest BCUT2D eigenvalue weighted by atomic mass is 10.0. The molecule has 0 aliphatic rings. The monoisotopic (exact) mass is 437 g/mol. The van der Waals surface area contributed by atoms with Gasteiger partial charge in [-0.3, -0.25) is 15.1 Å². The topological polar surface area (TPSA) is 92.8 Å². The van der Waals surface area contributed by atoms with Crippen LogP contribution in [0.15, 0.2) is 23.0 Å². The van der Waals surface area contributed by atoms with E-state index in [0.717, 1.165) is 52.9 Å². The van der Waals surface area contributed by atoms with E-state index in [-0.39, 0.29) is 5.56 Å². The van der Waals surface area contributed by atoms with Gasteiger partial charge in [-0.1, -0.05) is 51.9 Å². The van der Waals surface area contributed by atoms with E-state index >= 15 is 0 Å². The molecule has 32 heavy (non-hydrogen) atoms. The average molecular weight is 438 g/mol. The summed E-state index contributed by atoms with van der Waals surface area (Å²) in [7, 11) is 1.63. The smallest absolute Gasteiger partial charge is 0.255 e. The van der Waals surface area contributed by atoms with Gasteiger partial charge in [-0.05, 0) is 44.9 Å². The number of fused-ring (bicyclic) bond motifs is 1. The van der Waals surface area contributed by atoms with E-state index in [9.17, 15) is 4.79 Å². The van der Waals surface area contributed by atoms with Crippen molar-refractivity contribution in [1.82, 2.24) is 19.9 Å². The van der Waals surface area contributed by atoms with Gasteiger partial charge in [0.05, 0.1) is 18.3 Å². The van der Waals surface area contributed by atoms with E-state index in [2.05, 4.69) is 32.2 Å². The number of hydrogen-bond acceptors (Lipinski definition) is 6. The normalized spacial score (nSPS) is 11.1. The zero-order valence-electron chi connectivity index (χ0n) is 19.8. The van der Waals surface area contributed by atoms with E-state index in [1.54, 1.807) is 7.11 Å². The number of aryl methyl sites for hydroxylation is 2. The summed E-state index contributed by atoms with van der Waals surface area (Å²) >= 11 is 0. The van der Waals surface area contributed by atoms with Crippen LogP contribution >= 0.6 is 0 Å². The van der Waals surface area contributed by atoms with Crippen molar-refractivity contribution in [2.24, 2.45) is 0 Å². The fourth-order valence-electron chi connectivity index (χ4n) is 3.95. The summed E-state index contributed by atoms with van der Waals surface area (Å²) in [6.07, 6.45) is 10.7. The Morgan fingerprint density at radius 3 is 2.34 bits per heavy atom. The molecule has 0 saturated carbocycles. The number of rotatable bonds is 12. The van der Waals surface area contributed by atoms with Gasteiger partial charge in [-0.25, -0.2) is 15.0 Å². The number of aromatic amines is 1. The minimum absolute atomic E-state index is 0.0924. The van der Waals surface area contributed by atoms with Gasteiger partial charge in [0.15, 0.2) is 0 Å². The molecule has 7 nitrogen and oxygen atoms in total. The molecule has 2 aromatic heterocycles. The van der Waals surface area contributed by atoms with Gasteiger partial charge in [0.25, 0.3) is 5.56 Å². The van der Waals surface area contributed by atoms with Crippen LogP contribution in [0.2, 0.25) is 0 Å². The third kappa shape index (κ3) is 6.28. The first-order valence-corrected chi connectivity index (χ1v) is 11.7. The van der Waals surface area contributed by atoms with Crippen LogP contribution in [-0.2, 0) is 6.42 Å². The maximum Gasteiger partial charge on any atom is 0.255 e. The molecular weight excluding hydrogens is 402 g/mol. The third-order valence-corrected chi connectivity index (χ3v) is 5.83. The lowest BCUT2D eigenvalue weighted by molar-refractivity contribution is 0.415. The predicted molar refractivity (Wildman–Crippen MR) is 130 cm³/mol. The number of methoxy groups -OCH3 is 1. The molecule has 0 bridgehead atoms. The largest absolute Gasteiger partial charge is 0.497 e. The fraction of sp³-hybridized carbons (Fsp3) is 0.520. The molecule has 172 valence electrons.